The Morgan fingerprint density at radius 1 is 0.969 bits per heavy atom. The van der Waals surface area contributed by atoms with E-state index < -0.39 is 5.54 Å². The van der Waals surface area contributed by atoms with Crippen LogP contribution in [0.4, 0.5) is 5.69 Å². The van der Waals surface area contributed by atoms with Gasteiger partial charge in [0, 0.05) is 50.3 Å². The predicted molar refractivity (Wildman–Crippen MR) is 122 cm³/mol. The standard InChI is InChI=1S/C25H31N5O2/c1-18-3-7-21(15-26-18)23(31)28-11-9-25(10-12-28)24(32)30(22-8-4-19(2)27-16-22)14-13-29(25)17-20-5-6-20/h3-4,7-8,15-16,20H,5-6,9-14,17H2,1-2H3. The average Bonchev–Trinajstić information content (AvgIpc) is 3.63. The predicted octanol–water partition coefficient (Wildman–Crippen LogP) is 2.83. The smallest absolute Gasteiger partial charge is 0.255 e. The summed E-state index contributed by atoms with van der Waals surface area (Å²) < 4.78 is 0. The van der Waals surface area contributed by atoms with E-state index >= 15 is 0 Å². The molecule has 7 nitrogen and oxygen atoms in total. The highest BCUT2D eigenvalue weighted by Gasteiger charge is 2.52. The van der Waals surface area contributed by atoms with Crippen molar-refractivity contribution in [3.05, 3.63) is 53.6 Å². The summed E-state index contributed by atoms with van der Waals surface area (Å²) in [6.07, 6.45) is 7.31. The summed E-state index contributed by atoms with van der Waals surface area (Å²) in [7, 11) is 0. The van der Waals surface area contributed by atoms with E-state index in [4.69, 9.17) is 0 Å². The fourth-order valence-corrected chi connectivity index (χ4v) is 5.05. The Morgan fingerprint density at radius 3 is 2.25 bits per heavy atom. The van der Waals surface area contributed by atoms with Crippen molar-refractivity contribution >= 4 is 17.5 Å². The number of hydrogen-bond acceptors (Lipinski definition) is 5. The van der Waals surface area contributed by atoms with Crippen molar-refractivity contribution in [2.24, 2.45) is 5.92 Å². The SMILES string of the molecule is Cc1ccc(C(=O)N2CCC3(CC2)C(=O)N(c2ccc(C)nc2)CCN3CC2CC2)cn1. The molecule has 0 aromatic carbocycles. The highest BCUT2D eigenvalue weighted by Crippen LogP contribution is 2.39. The lowest BCUT2D eigenvalue weighted by Crippen LogP contribution is -2.69. The van der Waals surface area contributed by atoms with E-state index in [0.717, 1.165) is 30.2 Å². The van der Waals surface area contributed by atoms with Gasteiger partial charge in [-0.25, -0.2) is 0 Å². The second kappa shape index (κ2) is 8.28. The van der Waals surface area contributed by atoms with Gasteiger partial charge in [-0.15, -0.1) is 0 Å². The van der Waals surface area contributed by atoms with Crippen molar-refractivity contribution in [1.29, 1.82) is 0 Å². The molecule has 1 aliphatic carbocycles. The van der Waals surface area contributed by atoms with Crippen LogP contribution in [0.2, 0.25) is 0 Å². The van der Waals surface area contributed by atoms with E-state index in [2.05, 4.69) is 14.9 Å². The number of piperazine rings is 1. The summed E-state index contributed by atoms with van der Waals surface area (Å²) in [4.78, 5) is 41.9. The minimum atomic E-state index is -0.534. The Hall–Kier alpha value is -2.80. The number of aromatic nitrogens is 2. The maximum absolute atomic E-state index is 13.9. The van der Waals surface area contributed by atoms with Gasteiger partial charge in [-0.3, -0.25) is 24.5 Å². The number of carbonyl (C=O) groups excluding carboxylic acids is 2. The molecule has 0 unspecified atom stereocenters. The molecule has 0 atom stereocenters. The van der Waals surface area contributed by atoms with Gasteiger partial charge in [-0.2, -0.15) is 0 Å². The molecule has 3 fully saturated rings. The van der Waals surface area contributed by atoms with E-state index in [1.807, 2.05) is 47.9 Å². The largest absolute Gasteiger partial charge is 0.338 e. The average molecular weight is 434 g/mol. The number of nitrogens with zero attached hydrogens (tertiary/aromatic N) is 5. The van der Waals surface area contributed by atoms with Crippen LogP contribution >= 0.6 is 0 Å². The van der Waals surface area contributed by atoms with E-state index in [-0.39, 0.29) is 11.8 Å². The van der Waals surface area contributed by atoms with Gasteiger partial charge in [-0.05, 0) is 69.7 Å². The van der Waals surface area contributed by atoms with Crippen molar-refractivity contribution in [1.82, 2.24) is 19.8 Å². The molecule has 0 N–H and O–H groups in total. The lowest BCUT2D eigenvalue weighted by atomic mass is 9.81. The Labute approximate surface area is 189 Å². The third-order valence-corrected chi connectivity index (χ3v) is 7.26. The number of carbonyl (C=O) groups is 2. The van der Waals surface area contributed by atoms with Crippen LogP contribution in [0.5, 0.6) is 0 Å². The molecule has 4 heterocycles. The van der Waals surface area contributed by atoms with E-state index in [1.54, 1.807) is 12.4 Å². The van der Waals surface area contributed by atoms with Crippen LogP contribution in [0.15, 0.2) is 36.7 Å². The first-order chi connectivity index (χ1) is 15.5. The topological polar surface area (TPSA) is 69.6 Å². The van der Waals surface area contributed by atoms with Crippen molar-refractivity contribution in [2.75, 3.05) is 37.6 Å². The molecule has 1 spiro atoms. The minimum Gasteiger partial charge on any atom is -0.338 e. The van der Waals surface area contributed by atoms with Crippen molar-refractivity contribution in [2.45, 2.75) is 45.1 Å². The van der Waals surface area contributed by atoms with Gasteiger partial charge >= 0.3 is 0 Å². The first kappa shape index (κ1) is 21.1. The van der Waals surface area contributed by atoms with Crippen molar-refractivity contribution in [3.63, 3.8) is 0 Å². The third kappa shape index (κ3) is 3.90. The van der Waals surface area contributed by atoms with Crippen LogP contribution in [0.3, 0.4) is 0 Å². The number of aryl methyl sites for hydroxylation is 2. The first-order valence-electron chi connectivity index (χ1n) is 11.7. The summed E-state index contributed by atoms with van der Waals surface area (Å²) in [6.45, 7) is 7.58. The summed E-state index contributed by atoms with van der Waals surface area (Å²) in [5.41, 5.74) is 2.79. The van der Waals surface area contributed by atoms with Gasteiger partial charge in [0.25, 0.3) is 5.91 Å². The number of likely N-dealkylation sites (tertiary alicyclic amines) is 1. The number of rotatable bonds is 4. The van der Waals surface area contributed by atoms with Gasteiger partial charge < -0.3 is 9.80 Å². The Morgan fingerprint density at radius 2 is 1.66 bits per heavy atom. The van der Waals surface area contributed by atoms with Gasteiger partial charge in [-0.1, -0.05) is 0 Å². The van der Waals surface area contributed by atoms with Crippen molar-refractivity contribution < 1.29 is 9.59 Å². The molecule has 1 saturated carbocycles. The molecule has 0 radical (unpaired) electrons. The van der Waals surface area contributed by atoms with Crippen LogP contribution in [-0.4, -0.2) is 69.8 Å². The molecule has 2 aromatic heterocycles. The van der Waals surface area contributed by atoms with Crippen molar-refractivity contribution in [3.8, 4) is 0 Å². The molecule has 3 aliphatic rings. The summed E-state index contributed by atoms with van der Waals surface area (Å²) >= 11 is 0. The molecule has 5 rings (SSSR count). The van der Waals surface area contributed by atoms with E-state index in [0.29, 0.717) is 44.0 Å². The molecule has 32 heavy (non-hydrogen) atoms. The number of piperidine rings is 1. The van der Waals surface area contributed by atoms with Gasteiger partial charge in [0.1, 0.15) is 5.54 Å². The highest BCUT2D eigenvalue weighted by molar-refractivity contribution is 6.01. The molecule has 2 amide bonds. The van der Waals surface area contributed by atoms with Crippen LogP contribution in [0, 0.1) is 19.8 Å². The summed E-state index contributed by atoms with van der Waals surface area (Å²) in [5.74, 6) is 0.883. The minimum absolute atomic E-state index is 0.00365. The number of hydrogen-bond donors (Lipinski definition) is 0. The molecule has 2 saturated heterocycles. The molecule has 168 valence electrons. The third-order valence-electron chi connectivity index (χ3n) is 7.26. The summed E-state index contributed by atoms with van der Waals surface area (Å²) in [5, 5.41) is 0. The number of pyridine rings is 2. The number of anilines is 1. The number of amides is 2. The maximum Gasteiger partial charge on any atom is 0.255 e. The Bertz CT molecular complexity index is 992. The van der Waals surface area contributed by atoms with Crippen LogP contribution in [-0.2, 0) is 4.79 Å². The Kier molecular flexibility index (Phi) is 5.45. The van der Waals surface area contributed by atoms with Gasteiger partial charge in [0.05, 0.1) is 17.4 Å². The Balaban J connectivity index is 1.36. The quantitative estimate of drug-likeness (QED) is 0.742. The molecule has 2 aliphatic heterocycles. The second-order valence-electron chi connectivity index (χ2n) is 9.52. The molecule has 7 heteroatoms. The monoisotopic (exact) mass is 433 g/mol. The fourth-order valence-electron chi connectivity index (χ4n) is 5.05. The second-order valence-corrected chi connectivity index (χ2v) is 9.52. The lowest BCUT2D eigenvalue weighted by molar-refractivity contribution is -0.137. The van der Waals surface area contributed by atoms with Crippen LogP contribution in [0.1, 0.15) is 47.4 Å². The maximum atomic E-state index is 13.9. The zero-order chi connectivity index (χ0) is 22.3. The summed E-state index contributed by atoms with van der Waals surface area (Å²) in [6, 6.07) is 7.66. The van der Waals surface area contributed by atoms with Crippen LogP contribution in [0.25, 0.3) is 0 Å². The molecule has 0 bridgehead atoms. The zero-order valence-corrected chi connectivity index (χ0v) is 19.0. The highest BCUT2D eigenvalue weighted by atomic mass is 16.2. The van der Waals surface area contributed by atoms with Crippen LogP contribution < -0.4 is 4.90 Å². The molecular weight excluding hydrogens is 402 g/mol. The van der Waals surface area contributed by atoms with Gasteiger partial charge in [0.2, 0.25) is 5.91 Å². The van der Waals surface area contributed by atoms with Gasteiger partial charge in [0.15, 0.2) is 0 Å². The molecule has 2 aromatic rings. The molecular formula is C25H31N5O2. The van der Waals surface area contributed by atoms with E-state index in [1.165, 1.54) is 12.8 Å². The lowest BCUT2D eigenvalue weighted by Gasteiger charge is -2.53. The normalized spacial score (nSPS) is 21.2. The fraction of sp³-hybridized carbons (Fsp3) is 0.520. The first-order valence-corrected chi connectivity index (χ1v) is 11.7. The van der Waals surface area contributed by atoms with E-state index in [9.17, 15) is 9.59 Å². The zero-order valence-electron chi connectivity index (χ0n) is 19.0.